The molecule has 0 saturated carbocycles. The largest absolute Gasteiger partial charge is 0.481 e. The number of benzene rings is 1. The monoisotopic (exact) mass is 193 g/mol. The van der Waals surface area contributed by atoms with Gasteiger partial charge in [-0.2, -0.15) is 5.26 Å². The van der Waals surface area contributed by atoms with Crippen molar-refractivity contribution in [2.45, 2.75) is 12.8 Å². The summed E-state index contributed by atoms with van der Waals surface area (Å²) in [6, 6.07) is 5.62. The standard InChI is InChI=1S/C10H8FNO2/c11-9-3-1-8(6-12)7(5-9)2-4-10(13)14/h1,3,5H,2,4H2,(H,13,14). The zero-order valence-electron chi connectivity index (χ0n) is 7.33. The molecule has 0 aliphatic carbocycles. The summed E-state index contributed by atoms with van der Waals surface area (Å²) >= 11 is 0. The van der Waals surface area contributed by atoms with Crippen molar-refractivity contribution in [2.24, 2.45) is 0 Å². The van der Waals surface area contributed by atoms with Crippen LogP contribution in [0.4, 0.5) is 4.39 Å². The number of carbonyl (C=O) groups is 1. The van der Waals surface area contributed by atoms with Crippen LogP contribution in [0.25, 0.3) is 0 Å². The lowest BCUT2D eigenvalue weighted by Crippen LogP contribution is -1.99. The first-order valence-electron chi connectivity index (χ1n) is 4.04. The summed E-state index contributed by atoms with van der Waals surface area (Å²) in [5, 5.41) is 17.1. The van der Waals surface area contributed by atoms with Crippen LogP contribution in [0.15, 0.2) is 18.2 Å². The zero-order chi connectivity index (χ0) is 10.6. The molecule has 0 spiro atoms. The van der Waals surface area contributed by atoms with Crippen molar-refractivity contribution < 1.29 is 14.3 Å². The Labute approximate surface area is 80.4 Å². The number of nitrogens with zero attached hydrogens (tertiary/aromatic N) is 1. The predicted molar refractivity (Wildman–Crippen MR) is 47.1 cm³/mol. The molecule has 0 aliphatic rings. The molecular weight excluding hydrogens is 185 g/mol. The molecule has 0 unspecified atom stereocenters. The molecule has 0 aromatic heterocycles. The van der Waals surface area contributed by atoms with Gasteiger partial charge in [-0.05, 0) is 30.2 Å². The minimum Gasteiger partial charge on any atom is -0.481 e. The molecule has 1 N–H and O–H groups in total. The van der Waals surface area contributed by atoms with Gasteiger partial charge in [0.05, 0.1) is 11.6 Å². The molecule has 0 aliphatic heterocycles. The van der Waals surface area contributed by atoms with E-state index in [1.54, 1.807) is 0 Å². The van der Waals surface area contributed by atoms with Crippen LogP contribution in [-0.2, 0) is 11.2 Å². The summed E-state index contributed by atoms with van der Waals surface area (Å²) in [5.41, 5.74) is 0.766. The highest BCUT2D eigenvalue weighted by atomic mass is 19.1. The van der Waals surface area contributed by atoms with Crippen LogP contribution >= 0.6 is 0 Å². The zero-order valence-corrected chi connectivity index (χ0v) is 7.33. The Kier molecular flexibility index (Phi) is 3.19. The Bertz CT molecular complexity index is 396. The van der Waals surface area contributed by atoms with Crippen LogP contribution in [0.5, 0.6) is 0 Å². The lowest BCUT2D eigenvalue weighted by molar-refractivity contribution is -0.136. The van der Waals surface area contributed by atoms with Crippen molar-refractivity contribution in [3.8, 4) is 6.07 Å². The van der Waals surface area contributed by atoms with Gasteiger partial charge in [0.1, 0.15) is 5.82 Å². The third kappa shape index (κ3) is 2.56. The van der Waals surface area contributed by atoms with Crippen LogP contribution in [0.1, 0.15) is 17.5 Å². The second-order valence-electron chi connectivity index (χ2n) is 2.81. The van der Waals surface area contributed by atoms with Gasteiger partial charge in [-0.15, -0.1) is 0 Å². The molecule has 0 saturated heterocycles. The number of aryl methyl sites for hydroxylation is 1. The van der Waals surface area contributed by atoms with Gasteiger partial charge in [0.2, 0.25) is 0 Å². The summed E-state index contributed by atoms with van der Waals surface area (Å²) in [5.74, 6) is -1.41. The minimum atomic E-state index is -0.960. The fraction of sp³-hybridized carbons (Fsp3) is 0.200. The molecule has 14 heavy (non-hydrogen) atoms. The molecule has 4 heteroatoms. The first-order valence-corrected chi connectivity index (χ1v) is 4.04. The second kappa shape index (κ2) is 4.38. The van der Waals surface area contributed by atoms with Crippen molar-refractivity contribution in [1.29, 1.82) is 5.26 Å². The molecular formula is C10H8FNO2. The Morgan fingerprint density at radius 3 is 2.86 bits per heavy atom. The first kappa shape index (κ1) is 10.2. The summed E-state index contributed by atoms with van der Waals surface area (Å²) < 4.78 is 12.8. The molecule has 1 aromatic rings. The highest BCUT2D eigenvalue weighted by Gasteiger charge is 2.05. The number of halogens is 1. The number of hydrogen-bond acceptors (Lipinski definition) is 2. The Morgan fingerprint density at radius 2 is 2.29 bits per heavy atom. The maximum absolute atomic E-state index is 12.8. The van der Waals surface area contributed by atoms with E-state index in [-0.39, 0.29) is 12.8 Å². The molecule has 3 nitrogen and oxygen atoms in total. The molecule has 0 heterocycles. The van der Waals surface area contributed by atoms with Gasteiger partial charge in [-0.1, -0.05) is 0 Å². The molecule has 0 fully saturated rings. The van der Waals surface area contributed by atoms with E-state index in [9.17, 15) is 9.18 Å². The third-order valence-electron chi connectivity index (χ3n) is 1.80. The van der Waals surface area contributed by atoms with Gasteiger partial charge in [0.25, 0.3) is 0 Å². The van der Waals surface area contributed by atoms with Crippen molar-refractivity contribution in [3.05, 3.63) is 35.1 Å². The summed E-state index contributed by atoms with van der Waals surface area (Å²) in [7, 11) is 0. The van der Waals surface area contributed by atoms with Gasteiger partial charge < -0.3 is 5.11 Å². The van der Waals surface area contributed by atoms with Crippen molar-refractivity contribution in [1.82, 2.24) is 0 Å². The van der Waals surface area contributed by atoms with Crippen LogP contribution in [0.3, 0.4) is 0 Å². The van der Waals surface area contributed by atoms with Gasteiger partial charge in [0.15, 0.2) is 0 Å². The summed E-state index contributed by atoms with van der Waals surface area (Å²) in [6.45, 7) is 0. The number of rotatable bonds is 3. The van der Waals surface area contributed by atoms with E-state index < -0.39 is 11.8 Å². The maximum Gasteiger partial charge on any atom is 0.303 e. The van der Waals surface area contributed by atoms with Crippen LogP contribution in [0.2, 0.25) is 0 Å². The fourth-order valence-electron chi connectivity index (χ4n) is 1.12. The van der Waals surface area contributed by atoms with Crippen LogP contribution < -0.4 is 0 Å². The van der Waals surface area contributed by atoms with E-state index in [1.165, 1.54) is 18.2 Å². The molecule has 72 valence electrons. The second-order valence-corrected chi connectivity index (χ2v) is 2.81. The molecule has 0 bridgehead atoms. The molecule has 1 aromatic carbocycles. The Hall–Kier alpha value is -1.89. The SMILES string of the molecule is N#Cc1ccc(F)cc1CCC(=O)O. The van der Waals surface area contributed by atoms with E-state index in [4.69, 9.17) is 10.4 Å². The van der Waals surface area contributed by atoms with Crippen molar-refractivity contribution >= 4 is 5.97 Å². The molecule has 0 radical (unpaired) electrons. The highest BCUT2D eigenvalue weighted by molar-refractivity contribution is 5.67. The van der Waals surface area contributed by atoms with E-state index in [0.717, 1.165) is 0 Å². The Morgan fingerprint density at radius 1 is 1.57 bits per heavy atom. The van der Waals surface area contributed by atoms with E-state index >= 15 is 0 Å². The van der Waals surface area contributed by atoms with E-state index in [1.807, 2.05) is 6.07 Å². The third-order valence-corrected chi connectivity index (χ3v) is 1.80. The minimum absolute atomic E-state index is 0.0991. The average Bonchev–Trinajstić information content (AvgIpc) is 2.15. The average molecular weight is 193 g/mol. The molecule has 1 rings (SSSR count). The molecule has 0 atom stereocenters. The van der Waals surface area contributed by atoms with Gasteiger partial charge in [0, 0.05) is 6.42 Å². The number of carboxylic acids is 1. The van der Waals surface area contributed by atoms with Gasteiger partial charge in [-0.25, -0.2) is 4.39 Å². The van der Waals surface area contributed by atoms with Gasteiger partial charge in [-0.3, -0.25) is 4.79 Å². The van der Waals surface area contributed by atoms with Crippen LogP contribution in [0, 0.1) is 17.1 Å². The lowest BCUT2D eigenvalue weighted by Gasteiger charge is -2.01. The quantitative estimate of drug-likeness (QED) is 0.794. The van der Waals surface area contributed by atoms with Crippen LogP contribution in [-0.4, -0.2) is 11.1 Å². The van der Waals surface area contributed by atoms with E-state index in [0.29, 0.717) is 11.1 Å². The van der Waals surface area contributed by atoms with Gasteiger partial charge >= 0.3 is 5.97 Å². The maximum atomic E-state index is 12.8. The Balaban J connectivity index is 2.89. The van der Waals surface area contributed by atoms with E-state index in [2.05, 4.69) is 0 Å². The number of carboxylic acid groups (broad SMARTS) is 1. The summed E-state index contributed by atoms with van der Waals surface area (Å²) in [4.78, 5) is 10.3. The lowest BCUT2D eigenvalue weighted by atomic mass is 10.0. The number of nitriles is 1. The number of aliphatic carboxylic acids is 1. The first-order chi connectivity index (χ1) is 6.63. The normalized spacial score (nSPS) is 9.43. The number of hydrogen-bond donors (Lipinski definition) is 1. The smallest absolute Gasteiger partial charge is 0.303 e. The topological polar surface area (TPSA) is 61.1 Å². The van der Waals surface area contributed by atoms with Crippen molar-refractivity contribution in [2.75, 3.05) is 0 Å². The highest BCUT2D eigenvalue weighted by Crippen LogP contribution is 2.12. The summed E-state index contributed by atoms with van der Waals surface area (Å²) in [6.07, 6.45) is 0.0775. The molecule has 0 amide bonds. The van der Waals surface area contributed by atoms with Crippen molar-refractivity contribution in [3.63, 3.8) is 0 Å². The predicted octanol–water partition coefficient (Wildman–Crippen LogP) is 1.71. The fourth-order valence-corrected chi connectivity index (χ4v) is 1.12.